The van der Waals surface area contributed by atoms with Gasteiger partial charge in [-0.15, -0.1) is 0 Å². The molecule has 2 aliphatic rings. The van der Waals surface area contributed by atoms with Crippen LogP contribution in [0.5, 0.6) is 5.75 Å². The number of fused-ring (bicyclic) bond motifs is 3. The number of piperidine rings is 1. The molecule has 1 amide bonds. The summed E-state index contributed by atoms with van der Waals surface area (Å²) in [5.74, 6) is 0.0947. The van der Waals surface area contributed by atoms with E-state index in [1.807, 2.05) is 37.1 Å². The molecular formula is C30H27Cl2FN4O2. The van der Waals surface area contributed by atoms with Crippen molar-refractivity contribution in [3.63, 3.8) is 0 Å². The summed E-state index contributed by atoms with van der Waals surface area (Å²) < 4.78 is 19.9. The number of benzene rings is 3. The van der Waals surface area contributed by atoms with Gasteiger partial charge in [0.1, 0.15) is 28.6 Å². The third-order valence-electron chi connectivity index (χ3n) is 7.31. The van der Waals surface area contributed by atoms with Crippen LogP contribution in [0.25, 0.3) is 22.4 Å². The molecule has 0 radical (unpaired) electrons. The van der Waals surface area contributed by atoms with Gasteiger partial charge in [-0.1, -0.05) is 47.8 Å². The minimum Gasteiger partial charge on any atom is -0.482 e. The lowest BCUT2D eigenvalue weighted by atomic mass is 9.88. The van der Waals surface area contributed by atoms with Gasteiger partial charge in [0.15, 0.2) is 0 Å². The largest absolute Gasteiger partial charge is 0.482 e. The predicted molar refractivity (Wildman–Crippen MR) is 152 cm³/mol. The zero-order valence-electron chi connectivity index (χ0n) is 21.6. The van der Waals surface area contributed by atoms with Crippen molar-refractivity contribution in [3.8, 4) is 28.1 Å². The van der Waals surface area contributed by atoms with E-state index in [1.165, 1.54) is 12.1 Å². The van der Waals surface area contributed by atoms with Gasteiger partial charge in [0.2, 0.25) is 0 Å². The molecule has 1 N–H and O–H groups in total. The predicted octanol–water partition coefficient (Wildman–Crippen LogP) is 7.86. The van der Waals surface area contributed by atoms with Gasteiger partial charge in [-0.05, 0) is 80.3 Å². The molecule has 2 aliphatic heterocycles. The number of ether oxygens (including phenoxy) is 1. The van der Waals surface area contributed by atoms with Crippen LogP contribution >= 0.6 is 23.2 Å². The summed E-state index contributed by atoms with van der Waals surface area (Å²) in [6.07, 6.45) is 3.08. The highest BCUT2D eigenvalue weighted by Gasteiger charge is 2.41. The van der Waals surface area contributed by atoms with Crippen LogP contribution in [0, 0.1) is 5.82 Å². The average Bonchev–Trinajstić information content (AvgIpc) is 3.37. The number of rotatable bonds is 4. The van der Waals surface area contributed by atoms with E-state index < -0.39 is 5.60 Å². The highest BCUT2D eigenvalue weighted by molar-refractivity contribution is 6.37. The molecule has 1 aromatic heterocycles. The first-order valence-corrected chi connectivity index (χ1v) is 13.7. The topological polar surface area (TPSA) is 61.5 Å². The maximum absolute atomic E-state index is 14.3. The number of nitrogens with one attached hydrogen (secondary N) is 1. The van der Waals surface area contributed by atoms with E-state index in [1.54, 1.807) is 35.3 Å². The van der Waals surface area contributed by atoms with E-state index in [2.05, 4.69) is 10.2 Å². The first kappa shape index (κ1) is 25.9. The van der Waals surface area contributed by atoms with E-state index in [9.17, 15) is 9.18 Å². The lowest BCUT2D eigenvalue weighted by Crippen LogP contribution is -2.50. The molecular weight excluding hydrogens is 538 g/mol. The Bertz CT molecular complexity index is 1560. The number of anilines is 1. The Balaban J connectivity index is 1.43. The molecule has 0 spiro atoms. The lowest BCUT2D eigenvalue weighted by molar-refractivity contribution is 0.0833. The molecule has 1 saturated heterocycles. The number of carbonyl (C=O) groups excluding carboxylic acids is 1. The van der Waals surface area contributed by atoms with Crippen molar-refractivity contribution in [2.45, 2.75) is 38.7 Å². The van der Waals surface area contributed by atoms with Gasteiger partial charge >= 0.3 is 0 Å². The number of carbonyl (C=O) groups is 1. The summed E-state index contributed by atoms with van der Waals surface area (Å²) in [6, 6.07) is 17.3. The molecule has 6 nitrogen and oxygen atoms in total. The minimum atomic E-state index is -0.862. The maximum atomic E-state index is 14.3. The third-order valence-corrected chi connectivity index (χ3v) is 7.85. The number of hydrogen-bond donors (Lipinski definition) is 1. The van der Waals surface area contributed by atoms with Crippen molar-refractivity contribution in [2.24, 2.45) is 0 Å². The Morgan fingerprint density at radius 2 is 1.72 bits per heavy atom. The van der Waals surface area contributed by atoms with E-state index in [4.69, 9.17) is 27.9 Å². The summed E-state index contributed by atoms with van der Waals surface area (Å²) in [7, 11) is 0. The number of amides is 1. The molecule has 39 heavy (non-hydrogen) atoms. The molecule has 3 heterocycles. The number of nitrogens with zero attached hydrogens (tertiary/aromatic N) is 3. The summed E-state index contributed by atoms with van der Waals surface area (Å²) in [6.45, 7) is 5.31. The monoisotopic (exact) mass is 564 g/mol. The molecule has 0 unspecified atom stereocenters. The van der Waals surface area contributed by atoms with Gasteiger partial charge in [-0.3, -0.25) is 9.89 Å². The van der Waals surface area contributed by atoms with Crippen LogP contribution in [0.4, 0.5) is 10.1 Å². The second kappa shape index (κ2) is 9.97. The van der Waals surface area contributed by atoms with Crippen molar-refractivity contribution in [2.75, 3.05) is 18.1 Å². The molecule has 1 fully saturated rings. The van der Waals surface area contributed by atoms with Gasteiger partial charge in [0.25, 0.3) is 5.91 Å². The van der Waals surface area contributed by atoms with E-state index in [0.717, 1.165) is 49.0 Å². The molecule has 0 bridgehead atoms. The van der Waals surface area contributed by atoms with Crippen LogP contribution in [0.2, 0.25) is 10.0 Å². The Morgan fingerprint density at radius 1 is 1.00 bits per heavy atom. The van der Waals surface area contributed by atoms with Gasteiger partial charge in [-0.25, -0.2) is 14.4 Å². The van der Waals surface area contributed by atoms with Crippen LogP contribution in [-0.4, -0.2) is 34.2 Å². The van der Waals surface area contributed by atoms with Gasteiger partial charge in [0, 0.05) is 23.7 Å². The van der Waals surface area contributed by atoms with Gasteiger partial charge < -0.3 is 4.74 Å². The van der Waals surface area contributed by atoms with Crippen molar-refractivity contribution in [1.82, 2.24) is 15.2 Å². The zero-order chi connectivity index (χ0) is 27.3. The summed E-state index contributed by atoms with van der Waals surface area (Å²) in [5, 5.41) is 12.2. The number of H-pyrrole nitrogens is 1. The lowest BCUT2D eigenvalue weighted by Gasteiger charge is -2.38. The fraction of sp³-hybridized carbons (Fsp3) is 0.267. The molecule has 0 saturated carbocycles. The van der Waals surface area contributed by atoms with Gasteiger partial charge in [-0.2, -0.15) is 5.10 Å². The number of hydrazine groups is 1. The van der Waals surface area contributed by atoms with E-state index in [-0.39, 0.29) is 11.7 Å². The molecule has 6 rings (SSSR count). The molecule has 9 heteroatoms. The van der Waals surface area contributed by atoms with Crippen LogP contribution in [0.15, 0.2) is 60.7 Å². The van der Waals surface area contributed by atoms with Crippen molar-refractivity contribution in [1.29, 1.82) is 0 Å². The van der Waals surface area contributed by atoms with E-state index in [0.29, 0.717) is 38.4 Å². The standard InChI is InChI=1S/C30H27Cl2FN4O2/c1-30(2)26-27(22-12-8-19(16-25(22)39-30)18-6-10-21(33)11-7-18)34-35-28(26)29(38)37(36-14-4-3-5-15-36)24-13-9-20(31)17-23(24)32/h6-13,16-17H,3-5,14-15H2,1-2H3,(H,34,35). The minimum absolute atomic E-state index is 0.266. The average molecular weight is 565 g/mol. The highest BCUT2D eigenvalue weighted by Crippen LogP contribution is 2.47. The Kier molecular flexibility index (Phi) is 6.61. The second-order valence-electron chi connectivity index (χ2n) is 10.4. The first-order chi connectivity index (χ1) is 18.7. The zero-order valence-corrected chi connectivity index (χ0v) is 23.1. The quantitative estimate of drug-likeness (QED) is 0.274. The Morgan fingerprint density at radius 3 is 2.44 bits per heavy atom. The number of aromatic amines is 1. The normalized spacial score (nSPS) is 16.2. The summed E-state index contributed by atoms with van der Waals surface area (Å²) in [4.78, 5) is 14.3. The smallest absolute Gasteiger partial charge is 0.291 e. The Labute approximate surface area is 236 Å². The van der Waals surface area contributed by atoms with Crippen LogP contribution in [0.1, 0.15) is 49.2 Å². The van der Waals surface area contributed by atoms with E-state index >= 15 is 0 Å². The fourth-order valence-electron chi connectivity index (χ4n) is 5.45. The summed E-state index contributed by atoms with van der Waals surface area (Å²) in [5.41, 5.74) is 3.95. The molecule has 0 aliphatic carbocycles. The molecule has 200 valence electrons. The fourth-order valence-corrected chi connectivity index (χ4v) is 5.94. The molecule has 0 atom stereocenters. The maximum Gasteiger partial charge on any atom is 0.291 e. The van der Waals surface area contributed by atoms with Crippen molar-refractivity contribution < 1.29 is 13.9 Å². The summed E-state index contributed by atoms with van der Waals surface area (Å²) >= 11 is 12.8. The SMILES string of the molecule is CC1(C)Oc2cc(-c3ccc(F)cc3)ccc2-c2n[nH]c(C(=O)N(c3ccc(Cl)cc3Cl)N3CCCCC3)c21. The van der Waals surface area contributed by atoms with Gasteiger partial charge in [0.05, 0.1) is 16.3 Å². The second-order valence-corrected chi connectivity index (χ2v) is 11.2. The van der Waals surface area contributed by atoms with Crippen LogP contribution in [0.3, 0.4) is 0 Å². The molecule has 4 aromatic rings. The third kappa shape index (κ3) is 4.69. The number of halogens is 3. The van der Waals surface area contributed by atoms with Crippen LogP contribution in [-0.2, 0) is 5.60 Å². The van der Waals surface area contributed by atoms with Crippen molar-refractivity contribution in [3.05, 3.63) is 87.8 Å². The van der Waals surface area contributed by atoms with Crippen molar-refractivity contribution >= 4 is 34.8 Å². The Hall–Kier alpha value is -3.39. The highest BCUT2D eigenvalue weighted by atomic mass is 35.5. The number of hydrogen-bond acceptors (Lipinski definition) is 4. The molecule has 3 aromatic carbocycles. The first-order valence-electron chi connectivity index (χ1n) is 13.0. The van der Waals surface area contributed by atoms with Crippen LogP contribution < -0.4 is 9.75 Å². The number of aromatic nitrogens is 2.